The van der Waals surface area contributed by atoms with Crippen LogP contribution < -0.4 is 10.7 Å². The van der Waals surface area contributed by atoms with Crippen molar-refractivity contribution < 1.29 is 13.7 Å². The summed E-state index contributed by atoms with van der Waals surface area (Å²) in [4.78, 5) is 13.7. The van der Waals surface area contributed by atoms with E-state index in [2.05, 4.69) is 28.8 Å². The molecule has 1 amide bonds. The van der Waals surface area contributed by atoms with Crippen molar-refractivity contribution in [1.82, 2.24) is 15.6 Å². The quantitative estimate of drug-likeness (QED) is 0.529. The lowest BCUT2D eigenvalue weighted by molar-refractivity contribution is 0.0201. The first-order chi connectivity index (χ1) is 9.39. The second kappa shape index (κ2) is 6.09. The zero-order chi connectivity index (χ0) is 14.8. The molecule has 2 heterocycles. The smallest absolute Gasteiger partial charge is 0.410 e. The molecule has 8 heteroatoms. The number of thiol groups is 1. The van der Waals surface area contributed by atoms with Crippen LogP contribution in [0, 0.1) is 5.92 Å². The molecule has 2 aliphatic rings. The van der Waals surface area contributed by atoms with E-state index in [9.17, 15) is 4.79 Å². The first-order valence-electron chi connectivity index (χ1n) is 6.77. The standard InChI is InChI=1S/C12H22N4O3S/c1-12(2,3)18-11(17)16-6-4-8(5-7-16)9-13-10(19-20)15-14-9/h8,10,15,20H,4-7H2,1-3H3,(H,13,14). The largest absolute Gasteiger partial charge is 0.444 e. The maximum absolute atomic E-state index is 12.0. The summed E-state index contributed by atoms with van der Waals surface area (Å²) in [6.07, 6.45) is 1.09. The maximum Gasteiger partial charge on any atom is 0.410 e. The van der Waals surface area contributed by atoms with Gasteiger partial charge in [-0.3, -0.25) is 9.61 Å². The van der Waals surface area contributed by atoms with Gasteiger partial charge in [0.1, 0.15) is 11.4 Å². The van der Waals surface area contributed by atoms with Crippen LogP contribution in [0.5, 0.6) is 0 Å². The van der Waals surface area contributed by atoms with Crippen LogP contribution in [0.3, 0.4) is 0 Å². The SMILES string of the molecule is CC(C)(C)OC(=O)N1CCC(C2=NNC(OS)N2)CC1. The molecule has 20 heavy (non-hydrogen) atoms. The van der Waals surface area contributed by atoms with Crippen LogP contribution in [0.15, 0.2) is 5.10 Å². The molecule has 0 aliphatic carbocycles. The number of hydrogen-bond acceptors (Lipinski definition) is 7. The number of hydrazone groups is 1. The first kappa shape index (κ1) is 15.2. The van der Waals surface area contributed by atoms with Crippen molar-refractivity contribution in [2.75, 3.05) is 13.1 Å². The molecule has 0 saturated carbocycles. The van der Waals surface area contributed by atoms with Crippen molar-refractivity contribution in [3.8, 4) is 0 Å². The summed E-state index contributed by atoms with van der Waals surface area (Å²) in [5.41, 5.74) is 2.34. The minimum Gasteiger partial charge on any atom is -0.444 e. The number of amides is 1. The van der Waals surface area contributed by atoms with Gasteiger partial charge in [0.25, 0.3) is 0 Å². The predicted molar refractivity (Wildman–Crippen MR) is 78.1 cm³/mol. The first-order valence-corrected chi connectivity index (χ1v) is 7.13. The number of amidine groups is 1. The predicted octanol–water partition coefficient (Wildman–Crippen LogP) is 1.28. The monoisotopic (exact) mass is 302 g/mol. The van der Waals surface area contributed by atoms with Gasteiger partial charge in [-0.05, 0) is 46.5 Å². The zero-order valence-corrected chi connectivity index (χ0v) is 12.9. The van der Waals surface area contributed by atoms with Crippen LogP contribution in [-0.2, 0) is 8.92 Å². The van der Waals surface area contributed by atoms with Gasteiger partial charge in [-0.1, -0.05) is 0 Å². The highest BCUT2D eigenvalue weighted by Crippen LogP contribution is 2.21. The Labute approximate surface area is 124 Å². The number of carbonyl (C=O) groups is 1. The van der Waals surface area contributed by atoms with Crippen LogP contribution in [0.1, 0.15) is 33.6 Å². The molecule has 1 atom stereocenters. The number of nitrogens with zero attached hydrogens (tertiary/aromatic N) is 2. The topological polar surface area (TPSA) is 75.2 Å². The highest BCUT2D eigenvalue weighted by molar-refractivity contribution is 7.75. The Morgan fingerprint density at radius 2 is 2.05 bits per heavy atom. The molecule has 0 aromatic heterocycles. The molecule has 1 saturated heterocycles. The van der Waals surface area contributed by atoms with Crippen molar-refractivity contribution in [2.45, 2.75) is 45.6 Å². The van der Waals surface area contributed by atoms with E-state index in [1.165, 1.54) is 0 Å². The average Bonchev–Trinajstić information content (AvgIpc) is 2.85. The number of nitrogens with one attached hydrogen (secondary N) is 2. The molecule has 2 N–H and O–H groups in total. The second-order valence-corrected chi connectivity index (χ2v) is 6.21. The summed E-state index contributed by atoms with van der Waals surface area (Å²) in [5.74, 6) is 1.17. The lowest BCUT2D eigenvalue weighted by Gasteiger charge is -2.33. The van der Waals surface area contributed by atoms with Crippen molar-refractivity contribution in [2.24, 2.45) is 11.0 Å². The van der Waals surface area contributed by atoms with Crippen molar-refractivity contribution in [3.05, 3.63) is 0 Å². The molecule has 1 unspecified atom stereocenters. The summed E-state index contributed by atoms with van der Waals surface area (Å²) in [5, 5.41) is 7.29. The molecule has 0 aromatic rings. The van der Waals surface area contributed by atoms with E-state index in [0.29, 0.717) is 19.0 Å². The van der Waals surface area contributed by atoms with Gasteiger partial charge in [-0.15, -0.1) is 0 Å². The molecule has 0 aromatic carbocycles. The van der Waals surface area contributed by atoms with E-state index in [1.807, 2.05) is 20.8 Å². The van der Waals surface area contributed by atoms with Crippen molar-refractivity contribution in [3.63, 3.8) is 0 Å². The lowest BCUT2D eigenvalue weighted by Crippen LogP contribution is -2.45. The van der Waals surface area contributed by atoms with Gasteiger partial charge in [0.2, 0.25) is 6.35 Å². The van der Waals surface area contributed by atoms with E-state index in [1.54, 1.807) is 4.90 Å². The Morgan fingerprint density at radius 1 is 1.40 bits per heavy atom. The summed E-state index contributed by atoms with van der Waals surface area (Å²) in [7, 11) is 0. The van der Waals surface area contributed by atoms with Crippen LogP contribution in [0.4, 0.5) is 4.79 Å². The van der Waals surface area contributed by atoms with Crippen LogP contribution in [0.25, 0.3) is 0 Å². The fourth-order valence-electron chi connectivity index (χ4n) is 2.25. The van der Waals surface area contributed by atoms with Crippen LogP contribution >= 0.6 is 12.9 Å². The van der Waals surface area contributed by atoms with Gasteiger partial charge in [0, 0.05) is 19.0 Å². The number of carbonyl (C=O) groups excluding carboxylic acids is 1. The van der Waals surface area contributed by atoms with E-state index in [0.717, 1.165) is 18.7 Å². The van der Waals surface area contributed by atoms with E-state index < -0.39 is 5.60 Å². The highest BCUT2D eigenvalue weighted by Gasteiger charge is 2.31. The minimum atomic E-state index is -0.452. The molecule has 1 fully saturated rings. The number of hydrogen-bond donors (Lipinski definition) is 3. The molecule has 0 bridgehead atoms. The molecule has 7 nitrogen and oxygen atoms in total. The minimum absolute atomic E-state index is 0.244. The highest BCUT2D eigenvalue weighted by atomic mass is 32.1. The molecule has 0 radical (unpaired) electrons. The molecular formula is C12H22N4O3S. The second-order valence-electron chi connectivity index (χ2n) is 6.00. The molecule has 2 rings (SSSR count). The number of piperidine rings is 1. The van der Waals surface area contributed by atoms with Gasteiger partial charge >= 0.3 is 6.09 Å². The number of ether oxygens (including phenoxy) is 1. The van der Waals surface area contributed by atoms with Gasteiger partial charge < -0.3 is 15.0 Å². The molecule has 2 aliphatic heterocycles. The fraction of sp³-hybridized carbons (Fsp3) is 0.833. The molecule has 114 valence electrons. The van der Waals surface area contributed by atoms with E-state index in [-0.39, 0.29) is 12.4 Å². The third-order valence-electron chi connectivity index (χ3n) is 3.22. The van der Waals surface area contributed by atoms with E-state index in [4.69, 9.17) is 8.92 Å². The van der Waals surface area contributed by atoms with Gasteiger partial charge in [-0.25, -0.2) is 4.79 Å². The Kier molecular flexibility index (Phi) is 4.64. The van der Waals surface area contributed by atoms with Crippen molar-refractivity contribution >= 4 is 24.8 Å². The lowest BCUT2D eigenvalue weighted by atomic mass is 9.96. The molecular weight excluding hydrogens is 280 g/mol. The summed E-state index contributed by atoms with van der Waals surface area (Å²) in [6, 6.07) is 0. The van der Waals surface area contributed by atoms with Gasteiger partial charge in [0.05, 0.1) is 0 Å². The summed E-state index contributed by atoms with van der Waals surface area (Å²) >= 11 is 3.73. The Hall–Kier alpha value is -1.15. The van der Waals surface area contributed by atoms with Crippen molar-refractivity contribution in [1.29, 1.82) is 0 Å². The Balaban J connectivity index is 1.80. The van der Waals surface area contributed by atoms with Gasteiger partial charge in [-0.2, -0.15) is 5.10 Å². The zero-order valence-electron chi connectivity index (χ0n) is 12.0. The summed E-state index contributed by atoms with van der Waals surface area (Å²) in [6.45, 7) is 6.97. The Morgan fingerprint density at radius 3 is 2.55 bits per heavy atom. The third-order valence-corrected chi connectivity index (χ3v) is 3.43. The fourth-order valence-corrected chi connectivity index (χ4v) is 2.35. The normalized spacial score (nSPS) is 23.9. The third kappa shape index (κ3) is 3.92. The Bertz CT molecular complexity index is 389. The van der Waals surface area contributed by atoms with Crippen LogP contribution in [0.2, 0.25) is 0 Å². The van der Waals surface area contributed by atoms with Crippen LogP contribution in [-0.4, -0.2) is 41.9 Å². The maximum atomic E-state index is 12.0. The van der Waals surface area contributed by atoms with E-state index >= 15 is 0 Å². The average molecular weight is 302 g/mol. The summed E-state index contributed by atoms with van der Waals surface area (Å²) < 4.78 is 10.2. The van der Waals surface area contributed by atoms with Gasteiger partial charge in [0.15, 0.2) is 0 Å². The number of rotatable bonds is 2. The number of likely N-dealkylation sites (tertiary alicyclic amines) is 1. The molecule has 0 spiro atoms.